The molecule has 0 bridgehead atoms. The first kappa shape index (κ1) is 15.9. The van der Waals surface area contributed by atoms with E-state index in [1.807, 2.05) is 11.8 Å². The van der Waals surface area contributed by atoms with Gasteiger partial charge in [-0.15, -0.1) is 0 Å². The van der Waals surface area contributed by atoms with Gasteiger partial charge in [0.15, 0.2) is 0 Å². The van der Waals surface area contributed by atoms with Crippen LogP contribution in [0.3, 0.4) is 0 Å². The summed E-state index contributed by atoms with van der Waals surface area (Å²) in [6, 6.07) is 3.41. The molecule has 1 saturated heterocycles. The number of carbonyl (C=O) groups is 1. The van der Waals surface area contributed by atoms with Crippen LogP contribution in [-0.2, 0) is 4.79 Å². The van der Waals surface area contributed by atoms with Crippen molar-refractivity contribution in [1.82, 2.24) is 10.2 Å². The third-order valence-corrected chi connectivity index (χ3v) is 3.60. The monoisotopic (exact) mass is 297 g/mol. The Morgan fingerprint density at radius 1 is 1.38 bits per heavy atom. The van der Waals surface area contributed by atoms with Crippen molar-refractivity contribution in [3.63, 3.8) is 0 Å². The van der Waals surface area contributed by atoms with Gasteiger partial charge in [0.1, 0.15) is 11.6 Å². The lowest BCUT2D eigenvalue weighted by Crippen LogP contribution is -2.41. The molecule has 116 valence electrons. The van der Waals surface area contributed by atoms with Gasteiger partial charge in [-0.3, -0.25) is 9.69 Å². The van der Waals surface area contributed by atoms with Gasteiger partial charge in [0.2, 0.25) is 5.91 Å². The molecule has 1 amide bonds. The van der Waals surface area contributed by atoms with E-state index in [2.05, 4.69) is 10.6 Å². The van der Waals surface area contributed by atoms with Gasteiger partial charge in [0, 0.05) is 24.3 Å². The van der Waals surface area contributed by atoms with Gasteiger partial charge < -0.3 is 10.6 Å². The van der Waals surface area contributed by atoms with Crippen LogP contribution in [0, 0.1) is 11.6 Å². The topological polar surface area (TPSA) is 44.4 Å². The molecule has 0 spiro atoms. The normalized spacial score (nSPS) is 18.2. The Bertz CT molecular complexity index is 470. The Hall–Kier alpha value is -1.53. The van der Waals surface area contributed by atoms with Gasteiger partial charge in [0.05, 0.1) is 6.54 Å². The fourth-order valence-corrected chi connectivity index (χ4v) is 2.56. The second kappa shape index (κ2) is 7.47. The maximum atomic E-state index is 13.1. The minimum atomic E-state index is -0.701. The van der Waals surface area contributed by atoms with Gasteiger partial charge in [-0.05, 0) is 38.1 Å². The predicted octanol–water partition coefficient (Wildman–Crippen LogP) is 1.98. The summed E-state index contributed by atoms with van der Waals surface area (Å²) in [5.74, 6) is -1.67. The SMILES string of the molecule is CCN(CC(=O)Nc1cc(F)cc(F)c1)CC1CCCN1. The maximum Gasteiger partial charge on any atom is 0.238 e. The number of nitrogens with zero attached hydrogens (tertiary/aromatic N) is 1. The zero-order valence-electron chi connectivity index (χ0n) is 12.2. The highest BCUT2D eigenvalue weighted by Gasteiger charge is 2.18. The number of hydrogen-bond acceptors (Lipinski definition) is 3. The fourth-order valence-electron chi connectivity index (χ4n) is 2.56. The van der Waals surface area contributed by atoms with E-state index < -0.39 is 11.6 Å². The van der Waals surface area contributed by atoms with Crippen molar-refractivity contribution >= 4 is 11.6 Å². The van der Waals surface area contributed by atoms with Crippen molar-refractivity contribution in [2.75, 3.05) is 31.5 Å². The van der Waals surface area contributed by atoms with Crippen LogP contribution in [0.5, 0.6) is 0 Å². The first-order chi connectivity index (χ1) is 10.1. The lowest BCUT2D eigenvalue weighted by atomic mass is 10.2. The molecule has 1 aromatic rings. The molecule has 1 unspecified atom stereocenters. The molecule has 1 aromatic carbocycles. The number of halogens is 2. The van der Waals surface area contributed by atoms with Crippen LogP contribution in [0.15, 0.2) is 18.2 Å². The first-order valence-electron chi connectivity index (χ1n) is 7.28. The van der Waals surface area contributed by atoms with E-state index in [0.717, 1.165) is 50.7 Å². The molecular weight excluding hydrogens is 276 g/mol. The Morgan fingerprint density at radius 3 is 2.67 bits per heavy atom. The number of carbonyl (C=O) groups excluding carboxylic acids is 1. The van der Waals surface area contributed by atoms with Gasteiger partial charge in [-0.25, -0.2) is 8.78 Å². The van der Waals surface area contributed by atoms with E-state index in [1.165, 1.54) is 0 Å². The van der Waals surface area contributed by atoms with Gasteiger partial charge >= 0.3 is 0 Å². The molecule has 1 heterocycles. The number of hydrogen-bond donors (Lipinski definition) is 2. The molecule has 4 nitrogen and oxygen atoms in total. The maximum absolute atomic E-state index is 13.1. The molecule has 0 aromatic heterocycles. The van der Waals surface area contributed by atoms with E-state index in [1.54, 1.807) is 0 Å². The van der Waals surface area contributed by atoms with Crippen molar-refractivity contribution in [1.29, 1.82) is 0 Å². The van der Waals surface area contributed by atoms with Crippen LogP contribution in [-0.4, -0.2) is 43.0 Å². The molecule has 1 aliphatic rings. The summed E-state index contributed by atoms with van der Waals surface area (Å²) in [7, 11) is 0. The number of nitrogens with one attached hydrogen (secondary N) is 2. The molecular formula is C15H21F2N3O. The summed E-state index contributed by atoms with van der Waals surface area (Å²) in [6.45, 7) is 4.79. The smallest absolute Gasteiger partial charge is 0.238 e. The van der Waals surface area contributed by atoms with Crippen molar-refractivity contribution < 1.29 is 13.6 Å². The van der Waals surface area contributed by atoms with Crippen molar-refractivity contribution in [2.24, 2.45) is 0 Å². The average molecular weight is 297 g/mol. The average Bonchev–Trinajstić information content (AvgIpc) is 2.89. The second-order valence-corrected chi connectivity index (χ2v) is 5.33. The van der Waals surface area contributed by atoms with E-state index in [-0.39, 0.29) is 18.1 Å². The lowest BCUT2D eigenvalue weighted by molar-refractivity contribution is -0.117. The van der Waals surface area contributed by atoms with Crippen LogP contribution in [0.2, 0.25) is 0 Å². The summed E-state index contributed by atoms with van der Waals surface area (Å²) in [6.07, 6.45) is 2.28. The number of amides is 1. The summed E-state index contributed by atoms with van der Waals surface area (Å²) < 4.78 is 26.1. The Balaban J connectivity index is 1.86. The van der Waals surface area contributed by atoms with Gasteiger partial charge in [0.25, 0.3) is 0 Å². The highest BCUT2D eigenvalue weighted by molar-refractivity contribution is 5.92. The van der Waals surface area contributed by atoms with Crippen molar-refractivity contribution in [3.8, 4) is 0 Å². The predicted molar refractivity (Wildman–Crippen MR) is 78.1 cm³/mol. The molecule has 0 saturated carbocycles. The second-order valence-electron chi connectivity index (χ2n) is 5.33. The fraction of sp³-hybridized carbons (Fsp3) is 0.533. The summed E-state index contributed by atoms with van der Waals surface area (Å²) in [4.78, 5) is 14.0. The van der Waals surface area contributed by atoms with Crippen LogP contribution < -0.4 is 10.6 Å². The third kappa shape index (κ3) is 5.06. The summed E-state index contributed by atoms with van der Waals surface area (Å²) >= 11 is 0. The van der Waals surface area contributed by atoms with Gasteiger partial charge in [-0.1, -0.05) is 6.92 Å². The number of rotatable bonds is 6. The molecule has 0 radical (unpaired) electrons. The number of anilines is 1. The van der Waals surface area contributed by atoms with Crippen LogP contribution in [0.25, 0.3) is 0 Å². The van der Waals surface area contributed by atoms with Gasteiger partial charge in [-0.2, -0.15) is 0 Å². The zero-order chi connectivity index (χ0) is 15.2. The molecule has 6 heteroatoms. The minimum absolute atomic E-state index is 0.146. The standard InChI is InChI=1S/C15H21F2N3O/c1-2-20(9-13-4-3-5-18-13)10-15(21)19-14-7-11(16)6-12(17)8-14/h6-8,13,18H,2-5,9-10H2,1H3,(H,19,21). The Labute approximate surface area is 123 Å². The lowest BCUT2D eigenvalue weighted by Gasteiger charge is -2.23. The summed E-state index contributed by atoms with van der Waals surface area (Å²) in [5.41, 5.74) is 0.146. The van der Waals surface area contributed by atoms with E-state index >= 15 is 0 Å². The highest BCUT2D eigenvalue weighted by Crippen LogP contribution is 2.13. The Morgan fingerprint density at radius 2 is 2.10 bits per heavy atom. The van der Waals surface area contributed by atoms with Crippen LogP contribution >= 0.6 is 0 Å². The van der Waals surface area contributed by atoms with E-state index in [4.69, 9.17) is 0 Å². The third-order valence-electron chi connectivity index (χ3n) is 3.60. The van der Waals surface area contributed by atoms with Crippen molar-refractivity contribution in [3.05, 3.63) is 29.8 Å². The molecule has 1 atom stereocenters. The number of likely N-dealkylation sites (N-methyl/N-ethyl adjacent to an activating group) is 1. The summed E-state index contributed by atoms with van der Waals surface area (Å²) in [5, 5.41) is 5.92. The van der Waals surface area contributed by atoms with Crippen LogP contribution in [0.4, 0.5) is 14.5 Å². The molecule has 2 N–H and O–H groups in total. The molecule has 1 aliphatic heterocycles. The van der Waals surface area contributed by atoms with E-state index in [9.17, 15) is 13.6 Å². The van der Waals surface area contributed by atoms with Crippen LogP contribution in [0.1, 0.15) is 19.8 Å². The highest BCUT2D eigenvalue weighted by atomic mass is 19.1. The largest absolute Gasteiger partial charge is 0.325 e. The first-order valence-corrected chi connectivity index (χ1v) is 7.28. The van der Waals surface area contributed by atoms with E-state index in [0.29, 0.717) is 6.04 Å². The minimum Gasteiger partial charge on any atom is -0.325 e. The number of benzene rings is 1. The quantitative estimate of drug-likeness (QED) is 0.844. The van der Waals surface area contributed by atoms with Crippen molar-refractivity contribution in [2.45, 2.75) is 25.8 Å². The molecule has 0 aliphatic carbocycles. The zero-order valence-corrected chi connectivity index (χ0v) is 12.2. The molecule has 1 fully saturated rings. The Kier molecular flexibility index (Phi) is 5.64. The molecule has 21 heavy (non-hydrogen) atoms. The molecule has 2 rings (SSSR count).